The number of hydrogen-bond donors (Lipinski definition) is 2. The van der Waals surface area contributed by atoms with E-state index in [1.54, 1.807) is 11.3 Å². The monoisotopic (exact) mass is 310 g/mol. The molecule has 21 heavy (non-hydrogen) atoms. The predicted octanol–water partition coefficient (Wildman–Crippen LogP) is 2.69. The lowest BCUT2D eigenvalue weighted by Gasteiger charge is -2.30. The molecular formula is C15H22N2O3S. The summed E-state index contributed by atoms with van der Waals surface area (Å²) >= 11 is 1.55. The van der Waals surface area contributed by atoms with E-state index < -0.39 is 11.5 Å². The maximum absolute atomic E-state index is 12.4. The van der Waals surface area contributed by atoms with Gasteiger partial charge in [0.1, 0.15) is 5.01 Å². The summed E-state index contributed by atoms with van der Waals surface area (Å²) in [5.41, 5.74) is 0.471. The van der Waals surface area contributed by atoms with Crippen LogP contribution in [-0.4, -0.2) is 22.0 Å². The van der Waals surface area contributed by atoms with Crippen LogP contribution < -0.4 is 5.32 Å². The standard InChI is InChI=1S/C15H22N2O3S/c1-9-8-21-14(16-9)15(2,3)17-12(18)10-4-6-11(7-5-10)13(19)20/h8,10-11H,4-7H2,1-3H3,(H,17,18)(H,19,20). The molecule has 0 radical (unpaired) electrons. The Labute approximate surface area is 128 Å². The molecule has 0 aliphatic heterocycles. The number of nitrogens with one attached hydrogen (secondary N) is 1. The Bertz CT molecular complexity index is 531. The fourth-order valence-electron chi connectivity index (χ4n) is 2.71. The molecule has 2 N–H and O–H groups in total. The molecule has 0 saturated heterocycles. The molecule has 2 rings (SSSR count). The summed E-state index contributed by atoms with van der Waals surface area (Å²) in [6, 6.07) is 0. The van der Waals surface area contributed by atoms with E-state index in [-0.39, 0.29) is 17.7 Å². The first-order valence-corrected chi connectivity index (χ1v) is 8.15. The van der Waals surface area contributed by atoms with E-state index in [4.69, 9.17) is 5.11 Å². The van der Waals surface area contributed by atoms with Gasteiger partial charge in [0, 0.05) is 17.0 Å². The lowest BCUT2D eigenvalue weighted by Crippen LogP contribution is -2.45. The number of thiazole rings is 1. The first kappa shape index (κ1) is 15.9. The van der Waals surface area contributed by atoms with E-state index in [0.717, 1.165) is 10.7 Å². The van der Waals surface area contributed by atoms with Crippen LogP contribution in [0.2, 0.25) is 0 Å². The average molecular weight is 310 g/mol. The molecule has 1 aliphatic carbocycles. The van der Waals surface area contributed by atoms with E-state index >= 15 is 0 Å². The van der Waals surface area contributed by atoms with E-state index in [2.05, 4.69) is 10.3 Å². The normalized spacial score (nSPS) is 22.8. The van der Waals surface area contributed by atoms with Crippen molar-refractivity contribution in [2.75, 3.05) is 0 Å². The molecule has 0 bridgehead atoms. The van der Waals surface area contributed by atoms with Gasteiger partial charge in [-0.05, 0) is 46.5 Å². The van der Waals surface area contributed by atoms with Crippen LogP contribution in [-0.2, 0) is 15.1 Å². The van der Waals surface area contributed by atoms with Gasteiger partial charge in [0.2, 0.25) is 5.91 Å². The Morgan fingerprint density at radius 2 is 1.86 bits per heavy atom. The van der Waals surface area contributed by atoms with Gasteiger partial charge in [-0.25, -0.2) is 4.98 Å². The van der Waals surface area contributed by atoms with Gasteiger partial charge in [-0.3, -0.25) is 9.59 Å². The van der Waals surface area contributed by atoms with Crippen LogP contribution in [0.3, 0.4) is 0 Å². The van der Waals surface area contributed by atoms with Gasteiger partial charge in [0.15, 0.2) is 0 Å². The molecule has 1 aromatic heterocycles. The topological polar surface area (TPSA) is 79.3 Å². The van der Waals surface area contributed by atoms with Gasteiger partial charge in [-0.2, -0.15) is 0 Å². The summed E-state index contributed by atoms with van der Waals surface area (Å²) in [6.07, 6.45) is 2.47. The molecule has 0 spiro atoms. The van der Waals surface area contributed by atoms with Gasteiger partial charge in [0.25, 0.3) is 0 Å². The number of amides is 1. The number of carboxylic acid groups (broad SMARTS) is 1. The number of aryl methyl sites for hydroxylation is 1. The molecule has 1 aromatic rings. The summed E-state index contributed by atoms with van der Waals surface area (Å²) in [6.45, 7) is 5.84. The van der Waals surface area contributed by atoms with Crippen molar-refractivity contribution in [3.05, 3.63) is 16.1 Å². The minimum absolute atomic E-state index is 0.0108. The highest BCUT2D eigenvalue weighted by molar-refractivity contribution is 7.09. The van der Waals surface area contributed by atoms with Crippen molar-refractivity contribution >= 4 is 23.2 Å². The second-order valence-electron chi connectivity index (χ2n) is 6.30. The number of carbonyl (C=O) groups is 2. The van der Waals surface area contributed by atoms with Gasteiger partial charge < -0.3 is 10.4 Å². The Morgan fingerprint density at radius 3 is 2.33 bits per heavy atom. The Kier molecular flexibility index (Phi) is 4.66. The first-order chi connectivity index (χ1) is 9.79. The van der Waals surface area contributed by atoms with E-state index in [1.165, 1.54) is 0 Å². The summed E-state index contributed by atoms with van der Waals surface area (Å²) < 4.78 is 0. The van der Waals surface area contributed by atoms with Crippen LogP contribution in [0, 0.1) is 18.8 Å². The third-order valence-corrected chi connectivity index (χ3v) is 5.32. The van der Waals surface area contributed by atoms with Crippen LogP contribution >= 0.6 is 11.3 Å². The quantitative estimate of drug-likeness (QED) is 0.896. The second-order valence-corrected chi connectivity index (χ2v) is 7.15. The number of aliphatic carboxylic acids is 1. The lowest BCUT2D eigenvalue weighted by molar-refractivity contribution is -0.144. The number of hydrogen-bond acceptors (Lipinski definition) is 4. The maximum atomic E-state index is 12.4. The van der Waals surface area contributed by atoms with Crippen molar-refractivity contribution < 1.29 is 14.7 Å². The molecule has 116 valence electrons. The SMILES string of the molecule is Cc1csc(C(C)(C)NC(=O)C2CCC(C(=O)O)CC2)n1. The molecule has 0 atom stereocenters. The van der Waals surface area contributed by atoms with E-state index in [0.29, 0.717) is 25.7 Å². The minimum Gasteiger partial charge on any atom is -0.481 e. The largest absolute Gasteiger partial charge is 0.481 e. The van der Waals surface area contributed by atoms with Crippen LogP contribution in [0.4, 0.5) is 0 Å². The third-order valence-electron chi connectivity index (χ3n) is 4.04. The van der Waals surface area contributed by atoms with Crippen LogP contribution in [0.1, 0.15) is 50.2 Å². The predicted molar refractivity (Wildman–Crippen MR) is 81.1 cm³/mol. The number of carboxylic acids is 1. The lowest BCUT2D eigenvalue weighted by atomic mass is 9.81. The van der Waals surface area contributed by atoms with Gasteiger partial charge >= 0.3 is 5.97 Å². The fraction of sp³-hybridized carbons (Fsp3) is 0.667. The zero-order valence-electron chi connectivity index (χ0n) is 12.7. The average Bonchev–Trinajstić information content (AvgIpc) is 2.86. The van der Waals surface area contributed by atoms with Crippen LogP contribution in [0.15, 0.2) is 5.38 Å². The summed E-state index contributed by atoms with van der Waals surface area (Å²) in [4.78, 5) is 27.8. The van der Waals surface area contributed by atoms with Gasteiger partial charge in [-0.1, -0.05) is 0 Å². The molecule has 0 aromatic carbocycles. The van der Waals surface area contributed by atoms with Gasteiger partial charge in [0.05, 0.1) is 11.5 Å². The van der Waals surface area contributed by atoms with E-state index in [1.807, 2.05) is 26.2 Å². The van der Waals surface area contributed by atoms with Crippen molar-refractivity contribution in [2.45, 2.75) is 52.0 Å². The molecule has 1 heterocycles. The van der Waals surface area contributed by atoms with Crippen LogP contribution in [0.25, 0.3) is 0 Å². The molecule has 1 saturated carbocycles. The fourth-order valence-corrected chi connectivity index (χ4v) is 3.58. The highest BCUT2D eigenvalue weighted by atomic mass is 32.1. The molecule has 6 heteroatoms. The first-order valence-electron chi connectivity index (χ1n) is 7.27. The molecule has 1 fully saturated rings. The highest BCUT2D eigenvalue weighted by Crippen LogP contribution is 2.31. The molecule has 1 amide bonds. The number of aromatic nitrogens is 1. The van der Waals surface area contributed by atoms with Crippen molar-refractivity contribution in [1.29, 1.82) is 0 Å². The molecular weight excluding hydrogens is 288 g/mol. The Balaban J connectivity index is 1.94. The summed E-state index contributed by atoms with van der Waals surface area (Å²) in [7, 11) is 0. The molecule has 0 unspecified atom stereocenters. The van der Waals surface area contributed by atoms with Crippen molar-refractivity contribution in [3.8, 4) is 0 Å². The van der Waals surface area contributed by atoms with Crippen molar-refractivity contribution in [2.24, 2.45) is 11.8 Å². The molecule has 1 aliphatic rings. The Hall–Kier alpha value is -1.43. The Morgan fingerprint density at radius 1 is 1.29 bits per heavy atom. The highest BCUT2D eigenvalue weighted by Gasteiger charge is 2.33. The van der Waals surface area contributed by atoms with Crippen LogP contribution in [0.5, 0.6) is 0 Å². The number of nitrogens with zero attached hydrogens (tertiary/aromatic N) is 1. The smallest absolute Gasteiger partial charge is 0.306 e. The zero-order valence-corrected chi connectivity index (χ0v) is 13.5. The summed E-state index contributed by atoms with van der Waals surface area (Å²) in [5.74, 6) is -1.10. The maximum Gasteiger partial charge on any atom is 0.306 e. The zero-order chi connectivity index (χ0) is 15.6. The van der Waals surface area contributed by atoms with Crippen molar-refractivity contribution in [3.63, 3.8) is 0 Å². The minimum atomic E-state index is -0.743. The van der Waals surface area contributed by atoms with E-state index in [9.17, 15) is 9.59 Å². The number of carbonyl (C=O) groups excluding carboxylic acids is 1. The van der Waals surface area contributed by atoms with Gasteiger partial charge in [-0.15, -0.1) is 11.3 Å². The molecule has 5 nitrogen and oxygen atoms in total. The summed E-state index contributed by atoms with van der Waals surface area (Å²) in [5, 5.41) is 14.9. The third kappa shape index (κ3) is 3.81. The van der Waals surface area contributed by atoms with Crippen molar-refractivity contribution in [1.82, 2.24) is 10.3 Å². The number of rotatable bonds is 4. The second kappa shape index (κ2) is 6.13.